The summed E-state index contributed by atoms with van der Waals surface area (Å²) >= 11 is 0. The zero-order chi connectivity index (χ0) is 20.5. The molecule has 28 heavy (non-hydrogen) atoms. The number of nitrogens with one attached hydrogen (secondary N) is 1. The van der Waals surface area contributed by atoms with E-state index in [0.717, 1.165) is 0 Å². The van der Waals surface area contributed by atoms with Gasteiger partial charge in [-0.05, 0) is 13.0 Å². The zero-order valence-corrected chi connectivity index (χ0v) is 15.2. The van der Waals surface area contributed by atoms with Gasteiger partial charge in [0.15, 0.2) is 11.6 Å². The lowest BCUT2D eigenvalue weighted by molar-refractivity contribution is -0.143. The Balaban J connectivity index is 1.77. The van der Waals surface area contributed by atoms with Crippen molar-refractivity contribution in [2.75, 3.05) is 18.0 Å². The van der Waals surface area contributed by atoms with Gasteiger partial charge in [0.1, 0.15) is 24.7 Å². The molecule has 9 heteroatoms. The summed E-state index contributed by atoms with van der Waals surface area (Å²) in [7, 11) is 0. The number of hydrogen-bond donors (Lipinski definition) is 3. The van der Waals surface area contributed by atoms with Gasteiger partial charge in [-0.15, -0.1) is 0 Å². The molecule has 0 spiro atoms. The van der Waals surface area contributed by atoms with Crippen LogP contribution in [-0.2, 0) is 16.1 Å². The van der Waals surface area contributed by atoms with Crippen molar-refractivity contribution in [1.82, 2.24) is 4.98 Å². The number of nitrogens with zero attached hydrogens (tertiary/aromatic N) is 2. The standard InChI is InChI=1S/C19H20F2N4O3/c1-19(27)9-25(10-19)18-14(20)5-12(7-24-18)13-4-2-3-11(17(13)21)8-28-16(26)6-15(22)23/h2-5,7,27H,6,8-10H2,1H3,(H3,22,23). The highest BCUT2D eigenvalue weighted by Gasteiger charge is 2.38. The van der Waals surface area contributed by atoms with Crippen LogP contribution in [0.2, 0.25) is 0 Å². The van der Waals surface area contributed by atoms with Gasteiger partial charge in [-0.25, -0.2) is 13.8 Å². The fourth-order valence-electron chi connectivity index (χ4n) is 3.02. The maximum absolute atomic E-state index is 14.8. The highest BCUT2D eigenvalue weighted by molar-refractivity contribution is 5.94. The van der Waals surface area contributed by atoms with E-state index in [0.29, 0.717) is 0 Å². The number of ether oxygens (including phenoxy) is 1. The lowest BCUT2D eigenvalue weighted by Gasteiger charge is -2.44. The number of aromatic nitrogens is 1. The Morgan fingerprint density at radius 3 is 2.75 bits per heavy atom. The molecular formula is C19H20F2N4O3. The molecule has 0 bridgehead atoms. The van der Waals surface area contributed by atoms with Crippen LogP contribution >= 0.6 is 0 Å². The number of aliphatic hydroxyl groups is 1. The number of carbonyl (C=O) groups excluding carboxylic acids is 1. The van der Waals surface area contributed by atoms with Crippen molar-refractivity contribution in [3.63, 3.8) is 0 Å². The van der Waals surface area contributed by atoms with E-state index in [-0.39, 0.29) is 54.5 Å². The first kappa shape index (κ1) is 19.7. The number of halogens is 2. The Morgan fingerprint density at radius 1 is 1.43 bits per heavy atom. The molecule has 1 aliphatic rings. The van der Waals surface area contributed by atoms with Crippen molar-refractivity contribution in [2.24, 2.45) is 5.73 Å². The van der Waals surface area contributed by atoms with E-state index in [4.69, 9.17) is 15.9 Å². The highest BCUT2D eigenvalue weighted by Crippen LogP contribution is 2.31. The quantitative estimate of drug-likeness (QED) is 0.395. The molecule has 1 aromatic carbocycles. The maximum atomic E-state index is 14.8. The molecule has 0 amide bonds. The highest BCUT2D eigenvalue weighted by atomic mass is 19.1. The second-order valence-corrected chi connectivity index (χ2v) is 7.02. The first-order valence-electron chi connectivity index (χ1n) is 8.55. The summed E-state index contributed by atoms with van der Waals surface area (Å²) in [5, 5.41) is 16.8. The monoisotopic (exact) mass is 390 g/mol. The third-order valence-corrected chi connectivity index (χ3v) is 4.30. The van der Waals surface area contributed by atoms with E-state index in [1.807, 2.05) is 0 Å². The molecule has 0 unspecified atom stereocenters. The molecule has 3 rings (SSSR count). The smallest absolute Gasteiger partial charge is 0.313 e. The third-order valence-electron chi connectivity index (χ3n) is 4.30. The molecular weight excluding hydrogens is 370 g/mol. The van der Waals surface area contributed by atoms with Crippen molar-refractivity contribution in [3.8, 4) is 11.1 Å². The van der Waals surface area contributed by atoms with Crippen LogP contribution in [0.25, 0.3) is 11.1 Å². The maximum Gasteiger partial charge on any atom is 0.313 e. The number of hydrogen-bond acceptors (Lipinski definition) is 6. The Bertz CT molecular complexity index is 925. The molecule has 4 N–H and O–H groups in total. The fraction of sp³-hybridized carbons (Fsp3) is 0.316. The number of β-amino-alcohol motifs (C(OH)–C–C–N with tert-alkyl or cyclic N) is 1. The molecule has 7 nitrogen and oxygen atoms in total. The predicted octanol–water partition coefficient (Wildman–Crippen LogP) is 1.97. The number of benzene rings is 1. The van der Waals surface area contributed by atoms with Gasteiger partial charge in [-0.1, -0.05) is 18.2 Å². The van der Waals surface area contributed by atoms with Crippen molar-refractivity contribution in [2.45, 2.75) is 25.6 Å². The Kier molecular flexibility index (Phi) is 5.28. The number of rotatable bonds is 6. The Morgan fingerprint density at radius 2 is 2.14 bits per heavy atom. The summed E-state index contributed by atoms with van der Waals surface area (Å²) in [4.78, 5) is 17.1. The van der Waals surface area contributed by atoms with E-state index in [1.165, 1.54) is 24.4 Å². The number of esters is 1. The van der Waals surface area contributed by atoms with E-state index in [2.05, 4.69) is 4.98 Å². The van der Waals surface area contributed by atoms with Crippen molar-refractivity contribution < 1.29 is 23.4 Å². The van der Waals surface area contributed by atoms with Crippen LogP contribution in [0.1, 0.15) is 18.9 Å². The van der Waals surface area contributed by atoms with Crippen LogP contribution in [0.5, 0.6) is 0 Å². The first-order chi connectivity index (χ1) is 13.2. The van der Waals surface area contributed by atoms with E-state index >= 15 is 0 Å². The summed E-state index contributed by atoms with van der Waals surface area (Å²) in [5.41, 5.74) is 4.72. The molecule has 148 valence electrons. The van der Waals surface area contributed by atoms with Gasteiger partial charge in [-0.3, -0.25) is 10.2 Å². The lowest BCUT2D eigenvalue weighted by Crippen LogP contribution is -2.60. The molecule has 2 heterocycles. The molecule has 1 aliphatic heterocycles. The van der Waals surface area contributed by atoms with Gasteiger partial charge in [0.2, 0.25) is 0 Å². The van der Waals surface area contributed by atoms with Gasteiger partial charge in [-0.2, -0.15) is 0 Å². The second-order valence-electron chi connectivity index (χ2n) is 7.02. The Labute approximate surface area is 160 Å². The van der Waals surface area contributed by atoms with Crippen LogP contribution in [0.15, 0.2) is 30.5 Å². The lowest BCUT2D eigenvalue weighted by atomic mass is 9.97. The number of anilines is 1. The summed E-state index contributed by atoms with van der Waals surface area (Å²) in [6.07, 6.45) is 0.983. The first-order valence-corrected chi connectivity index (χ1v) is 8.55. The molecule has 1 fully saturated rings. The third kappa shape index (κ3) is 4.25. The normalized spacial score (nSPS) is 15.1. The molecule has 0 atom stereocenters. The predicted molar refractivity (Wildman–Crippen MR) is 98.8 cm³/mol. The fourth-order valence-corrected chi connectivity index (χ4v) is 3.02. The minimum absolute atomic E-state index is 0.102. The van der Waals surface area contributed by atoms with Crippen LogP contribution in [0, 0.1) is 17.0 Å². The van der Waals surface area contributed by atoms with E-state index in [1.54, 1.807) is 17.9 Å². The van der Waals surface area contributed by atoms with E-state index in [9.17, 15) is 18.7 Å². The largest absolute Gasteiger partial charge is 0.460 e. The molecule has 1 saturated heterocycles. The number of pyridine rings is 1. The van der Waals surface area contributed by atoms with Crippen LogP contribution in [-0.4, -0.2) is 40.6 Å². The molecule has 1 aromatic heterocycles. The van der Waals surface area contributed by atoms with E-state index < -0.39 is 23.2 Å². The molecule has 0 saturated carbocycles. The minimum Gasteiger partial charge on any atom is -0.460 e. The summed E-state index contributed by atoms with van der Waals surface area (Å²) in [6.45, 7) is 1.86. The van der Waals surface area contributed by atoms with Crippen molar-refractivity contribution in [1.29, 1.82) is 5.41 Å². The van der Waals surface area contributed by atoms with Crippen molar-refractivity contribution >= 4 is 17.6 Å². The molecule has 2 aromatic rings. The summed E-state index contributed by atoms with van der Waals surface area (Å²) < 4.78 is 34.2. The van der Waals surface area contributed by atoms with Crippen molar-refractivity contribution in [3.05, 3.63) is 47.7 Å². The van der Waals surface area contributed by atoms with Gasteiger partial charge < -0.3 is 20.5 Å². The van der Waals surface area contributed by atoms with Crippen LogP contribution < -0.4 is 10.6 Å². The Hall–Kier alpha value is -3.07. The van der Waals surface area contributed by atoms with Gasteiger partial charge in [0.25, 0.3) is 0 Å². The topological polar surface area (TPSA) is 113 Å². The summed E-state index contributed by atoms with van der Waals surface area (Å²) in [5.74, 6) is -2.25. The average molecular weight is 390 g/mol. The molecule has 0 radical (unpaired) electrons. The number of carbonyl (C=O) groups is 1. The zero-order valence-electron chi connectivity index (χ0n) is 15.2. The van der Waals surface area contributed by atoms with Gasteiger partial charge >= 0.3 is 5.97 Å². The SMILES string of the molecule is CC1(O)CN(c2ncc(-c3cccc(COC(=O)CC(=N)N)c3F)cc2F)C1. The van der Waals surface area contributed by atoms with Crippen LogP contribution in [0.4, 0.5) is 14.6 Å². The minimum atomic E-state index is -0.868. The van der Waals surface area contributed by atoms with Crippen LogP contribution in [0.3, 0.4) is 0 Å². The molecule has 0 aliphatic carbocycles. The number of amidine groups is 1. The van der Waals surface area contributed by atoms with Gasteiger partial charge in [0.05, 0.1) is 5.60 Å². The average Bonchev–Trinajstić information content (AvgIpc) is 2.58. The number of nitrogens with two attached hydrogens (primary N) is 1. The summed E-state index contributed by atoms with van der Waals surface area (Å²) in [6, 6.07) is 5.66. The second kappa shape index (κ2) is 7.51. The van der Waals surface area contributed by atoms with Gasteiger partial charge in [0, 0.05) is 36.0 Å².